The van der Waals surface area contributed by atoms with Gasteiger partial charge in [-0.1, -0.05) is 60.7 Å². The van der Waals surface area contributed by atoms with Crippen LogP contribution in [0.15, 0.2) is 60.7 Å². The maximum atomic E-state index is 12.2. The molecule has 0 radical (unpaired) electrons. The fourth-order valence-electron chi connectivity index (χ4n) is 2.77. The van der Waals surface area contributed by atoms with E-state index >= 15 is 0 Å². The smallest absolute Gasteiger partial charge is 0.306 e. The number of hydrogen-bond acceptors (Lipinski definition) is 3. The molecule has 2 aromatic rings. The van der Waals surface area contributed by atoms with Gasteiger partial charge in [0.25, 0.3) is 0 Å². The number of rotatable bonds is 5. The van der Waals surface area contributed by atoms with Crippen LogP contribution in [0.1, 0.15) is 44.7 Å². The van der Waals surface area contributed by atoms with Crippen LogP contribution >= 0.6 is 0 Å². The monoisotopic (exact) mass is 321 g/mol. The Labute approximate surface area is 143 Å². The highest BCUT2D eigenvalue weighted by atomic mass is 16.6. The Morgan fingerprint density at radius 3 is 1.79 bits per heavy atom. The van der Waals surface area contributed by atoms with Crippen molar-refractivity contribution in [2.45, 2.75) is 44.6 Å². The molecular formula is C21H23NO2. The second kappa shape index (κ2) is 7.31. The van der Waals surface area contributed by atoms with Crippen LogP contribution in [0.5, 0.6) is 0 Å². The summed E-state index contributed by atoms with van der Waals surface area (Å²) in [5, 5.41) is 10.0. The average Bonchev–Trinajstić information content (AvgIpc) is 2.56. The second-order valence-electron chi connectivity index (χ2n) is 6.84. The van der Waals surface area contributed by atoms with E-state index in [0.29, 0.717) is 6.42 Å². The fourth-order valence-corrected chi connectivity index (χ4v) is 2.77. The lowest BCUT2D eigenvalue weighted by molar-refractivity contribution is -0.155. The molecule has 0 saturated heterocycles. The van der Waals surface area contributed by atoms with E-state index in [9.17, 15) is 10.1 Å². The molecule has 0 aliphatic rings. The summed E-state index contributed by atoms with van der Waals surface area (Å²) in [5.74, 6) is -0.283. The summed E-state index contributed by atoms with van der Waals surface area (Å²) in [7, 11) is 0. The lowest BCUT2D eigenvalue weighted by Crippen LogP contribution is -2.29. The quantitative estimate of drug-likeness (QED) is 0.755. The van der Waals surface area contributed by atoms with E-state index in [-0.39, 0.29) is 12.4 Å². The summed E-state index contributed by atoms with van der Waals surface area (Å²) in [4.78, 5) is 12.2. The molecule has 0 spiro atoms. The molecule has 24 heavy (non-hydrogen) atoms. The van der Waals surface area contributed by atoms with E-state index < -0.39 is 11.0 Å². The van der Waals surface area contributed by atoms with Crippen molar-refractivity contribution in [3.63, 3.8) is 0 Å². The highest BCUT2D eigenvalue weighted by molar-refractivity contribution is 5.70. The number of nitriles is 1. The molecule has 0 fully saturated rings. The van der Waals surface area contributed by atoms with Gasteiger partial charge in [-0.2, -0.15) is 5.26 Å². The molecule has 0 atom stereocenters. The molecule has 0 aliphatic heterocycles. The molecule has 0 heterocycles. The molecule has 0 aromatic heterocycles. The minimum Gasteiger partial charge on any atom is -0.460 e. The van der Waals surface area contributed by atoms with Gasteiger partial charge in [0, 0.05) is 6.42 Å². The molecule has 0 unspecified atom stereocenters. The first-order chi connectivity index (χ1) is 11.4. The van der Waals surface area contributed by atoms with Crippen molar-refractivity contribution in [3.8, 4) is 6.07 Å². The van der Waals surface area contributed by atoms with Crippen LogP contribution < -0.4 is 0 Å². The third-order valence-corrected chi connectivity index (χ3v) is 3.85. The minimum absolute atomic E-state index is 0.189. The summed E-state index contributed by atoms with van der Waals surface area (Å²) in [6.45, 7) is 5.53. The van der Waals surface area contributed by atoms with Crippen molar-refractivity contribution in [2.24, 2.45) is 0 Å². The normalized spacial score (nSPS) is 11.6. The van der Waals surface area contributed by atoms with Crippen LogP contribution in [0.2, 0.25) is 0 Å². The molecule has 0 bridgehead atoms. The van der Waals surface area contributed by atoms with E-state index in [1.807, 2.05) is 81.4 Å². The molecule has 0 N–H and O–H groups in total. The first kappa shape index (κ1) is 17.7. The number of benzene rings is 2. The van der Waals surface area contributed by atoms with Gasteiger partial charge in [-0.3, -0.25) is 4.79 Å². The van der Waals surface area contributed by atoms with E-state index in [1.54, 1.807) is 0 Å². The first-order valence-corrected chi connectivity index (χ1v) is 8.11. The molecule has 0 amide bonds. The second-order valence-corrected chi connectivity index (χ2v) is 6.84. The maximum absolute atomic E-state index is 12.2. The Hall–Kier alpha value is -2.60. The zero-order valence-corrected chi connectivity index (χ0v) is 14.5. The van der Waals surface area contributed by atoms with Crippen LogP contribution in [0.4, 0.5) is 0 Å². The molecule has 3 nitrogen and oxygen atoms in total. The van der Waals surface area contributed by atoms with Gasteiger partial charge in [-0.05, 0) is 38.3 Å². The van der Waals surface area contributed by atoms with Crippen molar-refractivity contribution in [1.82, 2.24) is 0 Å². The van der Waals surface area contributed by atoms with Crippen molar-refractivity contribution >= 4 is 5.97 Å². The highest BCUT2D eigenvalue weighted by Crippen LogP contribution is 2.36. The third-order valence-electron chi connectivity index (χ3n) is 3.85. The number of hydrogen-bond donors (Lipinski definition) is 0. The van der Waals surface area contributed by atoms with Gasteiger partial charge >= 0.3 is 5.97 Å². The lowest BCUT2D eigenvalue weighted by atomic mass is 9.72. The summed E-state index contributed by atoms with van der Waals surface area (Å²) < 4.78 is 5.40. The van der Waals surface area contributed by atoms with E-state index in [1.165, 1.54) is 0 Å². The average molecular weight is 321 g/mol. The van der Waals surface area contributed by atoms with Gasteiger partial charge < -0.3 is 4.74 Å². The van der Waals surface area contributed by atoms with Crippen molar-refractivity contribution < 1.29 is 9.53 Å². The summed E-state index contributed by atoms with van der Waals surface area (Å²) in [6.07, 6.45) is 0.570. The third kappa shape index (κ3) is 4.23. The Kier molecular flexibility index (Phi) is 5.41. The van der Waals surface area contributed by atoms with Gasteiger partial charge in [-0.25, -0.2) is 0 Å². The number of carbonyl (C=O) groups is 1. The molecule has 124 valence electrons. The molecule has 0 saturated carbocycles. The number of esters is 1. The van der Waals surface area contributed by atoms with Crippen LogP contribution in [0.3, 0.4) is 0 Å². The molecule has 0 aliphatic carbocycles. The molecule has 3 heteroatoms. The fraction of sp³-hybridized carbons (Fsp3) is 0.333. The number of nitrogens with zero attached hydrogens (tertiary/aromatic N) is 1. The first-order valence-electron chi connectivity index (χ1n) is 8.11. The zero-order chi connectivity index (χ0) is 17.6. The Morgan fingerprint density at radius 2 is 1.42 bits per heavy atom. The van der Waals surface area contributed by atoms with E-state index in [2.05, 4.69) is 6.07 Å². The number of carbonyl (C=O) groups excluding carboxylic acids is 1. The van der Waals surface area contributed by atoms with E-state index in [4.69, 9.17) is 4.74 Å². The van der Waals surface area contributed by atoms with Crippen molar-refractivity contribution in [2.75, 3.05) is 0 Å². The SMILES string of the molecule is CC(C)(C)OC(=O)CCC(C#N)(c1ccccc1)c1ccccc1. The van der Waals surface area contributed by atoms with Crippen LogP contribution in [0.25, 0.3) is 0 Å². The topological polar surface area (TPSA) is 50.1 Å². The van der Waals surface area contributed by atoms with Crippen molar-refractivity contribution in [1.29, 1.82) is 5.26 Å². The predicted molar refractivity (Wildman–Crippen MR) is 94.4 cm³/mol. The van der Waals surface area contributed by atoms with Crippen LogP contribution in [0, 0.1) is 11.3 Å². The highest BCUT2D eigenvalue weighted by Gasteiger charge is 2.35. The molecule has 2 rings (SSSR count). The molecular weight excluding hydrogens is 298 g/mol. The van der Waals surface area contributed by atoms with Gasteiger partial charge in [-0.15, -0.1) is 0 Å². The number of ether oxygens (including phenoxy) is 1. The van der Waals surface area contributed by atoms with Gasteiger partial charge in [0.1, 0.15) is 11.0 Å². The lowest BCUT2D eigenvalue weighted by Gasteiger charge is -2.28. The minimum atomic E-state index is -0.862. The van der Waals surface area contributed by atoms with Crippen molar-refractivity contribution in [3.05, 3.63) is 71.8 Å². The summed E-state index contributed by atoms with van der Waals surface area (Å²) >= 11 is 0. The Morgan fingerprint density at radius 1 is 0.958 bits per heavy atom. The Bertz CT molecular complexity index is 669. The predicted octanol–water partition coefficient (Wildman–Crippen LogP) is 4.62. The largest absolute Gasteiger partial charge is 0.460 e. The Balaban J connectivity index is 2.34. The maximum Gasteiger partial charge on any atom is 0.306 e. The van der Waals surface area contributed by atoms with E-state index in [0.717, 1.165) is 11.1 Å². The summed E-state index contributed by atoms with van der Waals surface area (Å²) in [5.41, 5.74) is 0.398. The standard InChI is InChI=1S/C21H23NO2/c1-20(2,3)24-19(23)14-15-21(16-22,17-10-6-4-7-11-17)18-12-8-5-9-13-18/h4-13H,14-15H2,1-3H3. The van der Waals surface area contributed by atoms with Gasteiger partial charge in [0.2, 0.25) is 0 Å². The van der Waals surface area contributed by atoms with Gasteiger partial charge in [0.05, 0.1) is 6.07 Å². The van der Waals surface area contributed by atoms with Crippen LogP contribution in [-0.2, 0) is 14.9 Å². The molecule has 2 aromatic carbocycles. The summed E-state index contributed by atoms with van der Waals surface area (Å²) in [6, 6.07) is 21.7. The zero-order valence-electron chi connectivity index (χ0n) is 14.5. The van der Waals surface area contributed by atoms with Crippen LogP contribution in [-0.4, -0.2) is 11.6 Å². The van der Waals surface area contributed by atoms with Gasteiger partial charge in [0.15, 0.2) is 0 Å².